The number of anilines is 1. The second-order valence-corrected chi connectivity index (χ2v) is 10.9. The van der Waals surface area contributed by atoms with Crippen LogP contribution < -0.4 is 10.6 Å². The molecule has 0 unspecified atom stereocenters. The average Bonchev–Trinajstić information content (AvgIpc) is 3.53. The minimum atomic E-state index is -1.01. The zero-order valence-electron chi connectivity index (χ0n) is 21.6. The van der Waals surface area contributed by atoms with Crippen molar-refractivity contribution < 1.29 is 24.3 Å². The van der Waals surface area contributed by atoms with E-state index >= 15 is 0 Å². The molecule has 10 heteroatoms. The zero-order chi connectivity index (χ0) is 26.9. The number of fused-ring (bicyclic) bond motifs is 2. The lowest BCUT2D eigenvalue weighted by molar-refractivity contribution is -0.147. The smallest absolute Gasteiger partial charge is 0.246 e. The Morgan fingerprint density at radius 1 is 1.30 bits per heavy atom. The summed E-state index contributed by atoms with van der Waals surface area (Å²) < 4.78 is 0. The molecule has 1 aromatic rings. The zero-order valence-corrected chi connectivity index (χ0v) is 21.6. The molecule has 3 aliphatic rings. The maximum Gasteiger partial charge on any atom is 0.246 e. The molecule has 2 aliphatic heterocycles. The molecule has 0 radical (unpaired) electrons. The standard InChI is InChI=1S/C27H35N5O5/c1-16(2)11-21(31(3)24(35)12-23(34)29-20-9-6-10-22(20)33)25(36)32-15-27(13-17(32)14-28)18-7-4-5-8-19(18)30-26(27)37/h4-5,7-8,16-17,20-22,33H,6,9-13,15H2,1-3H3,(H,29,34)(H,30,37)/t17-,20-,21-,22-,27-/m0/s1. The van der Waals surface area contributed by atoms with Gasteiger partial charge in [-0.15, -0.1) is 0 Å². The molecule has 1 spiro atoms. The van der Waals surface area contributed by atoms with Gasteiger partial charge in [-0.05, 0) is 43.2 Å². The summed E-state index contributed by atoms with van der Waals surface area (Å²) >= 11 is 0. The predicted molar refractivity (Wildman–Crippen MR) is 135 cm³/mol. The Kier molecular flexibility index (Phi) is 7.55. The highest BCUT2D eigenvalue weighted by Crippen LogP contribution is 2.46. The molecule has 2 fully saturated rings. The summed E-state index contributed by atoms with van der Waals surface area (Å²) in [6, 6.07) is 7.41. The number of likely N-dealkylation sites (N-methyl/N-ethyl adjacent to an activating group) is 1. The van der Waals surface area contributed by atoms with E-state index in [4.69, 9.17) is 0 Å². The van der Waals surface area contributed by atoms with Crippen LogP contribution in [0, 0.1) is 17.2 Å². The molecule has 10 nitrogen and oxygen atoms in total. The number of nitrogens with one attached hydrogen (secondary N) is 2. The largest absolute Gasteiger partial charge is 0.391 e. The fraction of sp³-hybridized carbons (Fsp3) is 0.593. The first kappa shape index (κ1) is 26.6. The maximum atomic E-state index is 13.9. The van der Waals surface area contributed by atoms with E-state index < -0.39 is 47.7 Å². The maximum absolute atomic E-state index is 13.9. The number of benzene rings is 1. The number of hydrogen-bond acceptors (Lipinski definition) is 6. The van der Waals surface area contributed by atoms with Crippen molar-refractivity contribution in [2.24, 2.45) is 5.92 Å². The Morgan fingerprint density at radius 2 is 2.03 bits per heavy atom. The van der Waals surface area contributed by atoms with Crippen molar-refractivity contribution in [2.75, 3.05) is 18.9 Å². The summed E-state index contributed by atoms with van der Waals surface area (Å²) in [5.41, 5.74) is 0.439. The Morgan fingerprint density at radius 3 is 2.68 bits per heavy atom. The number of nitrogens with zero attached hydrogens (tertiary/aromatic N) is 3. The number of carbonyl (C=O) groups excluding carboxylic acids is 4. The Balaban J connectivity index is 1.52. The van der Waals surface area contributed by atoms with Gasteiger partial charge in [-0.2, -0.15) is 5.26 Å². The SMILES string of the molecule is CC(C)C[C@@H](C(=O)N1C[C@]2(C[C@H]1C#N)C(=O)Nc1ccccc12)N(C)C(=O)CC(=O)N[C@H]1CCC[C@@H]1O. The molecule has 1 aromatic carbocycles. The van der Waals surface area contributed by atoms with Crippen LogP contribution in [0.5, 0.6) is 0 Å². The monoisotopic (exact) mass is 509 g/mol. The molecule has 37 heavy (non-hydrogen) atoms. The molecular weight excluding hydrogens is 474 g/mol. The number of rotatable bonds is 7. The summed E-state index contributed by atoms with van der Waals surface area (Å²) in [5, 5.41) is 25.5. The number of carbonyl (C=O) groups is 4. The van der Waals surface area contributed by atoms with Crippen LogP contribution in [0.2, 0.25) is 0 Å². The van der Waals surface area contributed by atoms with Crippen LogP contribution in [0.4, 0.5) is 5.69 Å². The van der Waals surface area contributed by atoms with E-state index in [-0.39, 0.29) is 30.8 Å². The highest BCUT2D eigenvalue weighted by molar-refractivity contribution is 6.07. The molecular formula is C27H35N5O5. The number of para-hydroxylation sites is 1. The number of amides is 4. The van der Waals surface area contributed by atoms with E-state index in [0.717, 1.165) is 12.0 Å². The minimum absolute atomic E-state index is 0.0452. The fourth-order valence-corrected chi connectivity index (χ4v) is 5.85. The van der Waals surface area contributed by atoms with Gasteiger partial charge in [0, 0.05) is 25.7 Å². The van der Waals surface area contributed by atoms with E-state index in [0.29, 0.717) is 24.9 Å². The number of aliphatic hydroxyl groups excluding tert-OH is 1. The number of hydrogen-bond donors (Lipinski definition) is 3. The van der Waals surface area contributed by atoms with E-state index in [9.17, 15) is 29.5 Å². The van der Waals surface area contributed by atoms with Gasteiger partial charge in [0.05, 0.1) is 23.6 Å². The van der Waals surface area contributed by atoms with Crippen molar-refractivity contribution >= 4 is 29.3 Å². The molecule has 198 valence electrons. The van der Waals surface area contributed by atoms with Crippen LogP contribution in [0.3, 0.4) is 0 Å². The van der Waals surface area contributed by atoms with Gasteiger partial charge in [-0.1, -0.05) is 32.0 Å². The molecule has 4 amide bonds. The van der Waals surface area contributed by atoms with E-state index in [1.807, 2.05) is 32.0 Å². The number of aliphatic hydroxyl groups is 1. The van der Waals surface area contributed by atoms with Crippen LogP contribution in [-0.2, 0) is 24.6 Å². The molecule has 0 aromatic heterocycles. The van der Waals surface area contributed by atoms with Crippen molar-refractivity contribution in [1.29, 1.82) is 5.26 Å². The van der Waals surface area contributed by atoms with Crippen LogP contribution in [0.25, 0.3) is 0 Å². The fourth-order valence-electron chi connectivity index (χ4n) is 5.85. The summed E-state index contributed by atoms with van der Waals surface area (Å²) in [7, 11) is 1.50. The second kappa shape index (κ2) is 10.5. The first-order valence-electron chi connectivity index (χ1n) is 12.9. The first-order valence-corrected chi connectivity index (χ1v) is 12.9. The van der Waals surface area contributed by atoms with E-state index in [2.05, 4.69) is 16.7 Å². The molecule has 1 aliphatic carbocycles. The summed E-state index contributed by atoms with van der Waals surface area (Å²) in [6.07, 6.45) is 1.55. The highest BCUT2D eigenvalue weighted by atomic mass is 16.3. The number of nitriles is 1. The van der Waals surface area contributed by atoms with Gasteiger partial charge in [0.2, 0.25) is 23.6 Å². The van der Waals surface area contributed by atoms with Crippen LogP contribution >= 0.6 is 0 Å². The molecule has 5 atom stereocenters. The van der Waals surface area contributed by atoms with E-state index in [1.165, 1.54) is 16.8 Å². The summed E-state index contributed by atoms with van der Waals surface area (Å²) in [5.74, 6) is -1.60. The van der Waals surface area contributed by atoms with Gasteiger partial charge in [0.1, 0.15) is 18.5 Å². The summed E-state index contributed by atoms with van der Waals surface area (Å²) in [6.45, 7) is 3.91. The van der Waals surface area contributed by atoms with Crippen molar-refractivity contribution in [3.63, 3.8) is 0 Å². The van der Waals surface area contributed by atoms with Gasteiger partial charge >= 0.3 is 0 Å². The topological polar surface area (TPSA) is 143 Å². The normalized spacial score (nSPS) is 27.1. The Labute approximate surface area is 217 Å². The molecule has 1 saturated heterocycles. The lowest BCUT2D eigenvalue weighted by atomic mass is 9.80. The van der Waals surface area contributed by atoms with Crippen molar-refractivity contribution in [3.05, 3.63) is 29.8 Å². The first-order chi connectivity index (χ1) is 17.6. The quantitative estimate of drug-likeness (QED) is 0.473. The third-order valence-electron chi connectivity index (χ3n) is 7.89. The highest BCUT2D eigenvalue weighted by Gasteiger charge is 2.56. The Hall–Kier alpha value is -3.45. The van der Waals surface area contributed by atoms with Gasteiger partial charge in [0.15, 0.2) is 0 Å². The number of likely N-dealkylation sites (tertiary alicyclic amines) is 1. The lowest BCUT2D eigenvalue weighted by Crippen LogP contribution is -2.52. The van der Waals surface area contributed by atoms with Gasteiger partial charge < -0.3 is 25.5 Å². The molecule has 0 bridgehead atoms. The molecule has 2 heterocycles. The second-order valence-electron chi connectivity index (χ2n) is 10.9. The molecule has 3 N–H and O–H groups in total. The van der Waals surface area contributed by atoms with Crippen molar-refractivity contribution in [1.82, 2.24) is 15.1 Å². The van der Waals surface area contributed by atoms with Gasteiger partial charge in [-0.25, -0.2) is 0 Å². The average molecular weight is 510 g/mol. The third-order valence-corrected chi connectivity index (χ3v) is 7.89. The van der Waals surface area contributed by atoms with Crippen molar-refractivity contribution in [2.45, 2.75) is 82.0 Å². The van der Waals surface area contributed by atoms with Crippen LogP contribution in [0.1, 0.15) is 57.9 Å². The van der Waals surface area contributed by atoms with Crippen LogP contribution in [0.15, 0.2) is 24.3 Å². The minimum Gasteiger partial charge on any atom is -0.391 e. The molecule has 1 saturated carbocycles. The third kappa shape index (κ3) is 5.05. The van der Waals surface area contributed by atoms with Gasteiger partial charge in [0.25, 0.3) is 0 Å². The van der Waals surface area contributed by atoms with E-state index in [1.54, 1.807) is 6.07 Å². The lowest BCUT2D eigenvalue weighted by Gasteiger charge is -2.33. The van der Waals surface area contributed by atoms with Crippen molar-refractivity contribution in [3.8, 4) is 6.07 Å². The van der Waals surface area contributed by atoms with Gasteiger partial charge in [-0.3, -0.25) is 19.2 Å². The summed E-state index contributed by atoms with van der Waals surface area (Å²) in [4.78, 5) is 55.2. The predicted octanol–water partition coefficient (Wildman–Crippen LogP) is 1.29. The Bertz CT molecular complexity index is 1130. The van der Waals surface area contributed by atoms with Crippen LogP contribution in [-0.4, -0.2) is 76.4 Å². The molecule has 4 rings (SSSR count).